The average Bonchev–Trinajstić information content (AvgIpc) is 2.85. The van der Waals surface area contributed by atoms with E-state index in [1.165, 1.54) is 24.8 Å². The fraction of sp³-hybridized carbons (Fsp3) is 0.417. The van der Waals surface area contributed by atoms with Gasteiger partial charge in [-0.1, -0.05) is 5.10 Å². The molecule has 2 aromatic rings. The topological polar surface area (TPSA) is 90.2 Å². The quantitative estimate of drug-likeness (QED) is 0.811. The minimum atomic E-state index is -4.08. The van der Waals surface area contributed by atoms with Crippen molar-refractivity contribution in [3.05, 3.63) is 24.0 Å². The molecule has 0 radical (unpaired) electrons. The van der Waals surface area contributed by atoms with Crippen molar-refractivity contribution in [3.8, 4) is 5.75 Å². The van der Waals surface area contributed by atoms with Gasteiger partial charge in [0.2, 0.25) is 0 Å². The molecule has 22 heavy (non-hydrogen) atoms. The van der Waals surface area contributed by atoms with Crippen LogP contribution >= 0.6 is 0 Å². The van der Waals surface area contributed by atoms with Crippen LogP contribution in [0.5, 0.6) is 5.75 Å². The molecule has 0 aliphatic rings. The Morgan fingerprint density at radius 3 is 2.59 bits per heavy atom. The van der Waals surface area contributed by atoms with E-state index in [9.17, 15) is 12.8 Å². The zero-order chi connectivity index (χ0) is 16.5. The van der Waals surface area contributed by atoms with E-state index in [4.69, 9.17) is 4.74 Å². The van der Waals surface area contributed by atoms with Crippen LogP contribution < -0.4 is 9.04 Å². The zero-order valence-electron chi connectivity index (χ0n) is 12.6. The Balaban J connectivity index is 2.53. The second-order valence-corrected chi connectivity index (χ2v) is 6.77. The second-order valence-electron chi connectivity index (χ2n) is 4.83. The maximum Gasteiger partial charge on any atom is 0.270 e. The van der Waals surface area contributed by atoms with E-state index in [1.54, 1.807) is 13.8 Å². The van der Waals surface area contributed by atoms with Crippen molar-refractivity contribution in [3.63, 3.8) is 0 Å². The predicted molar refractivity (Wildman–Crippen MR) is 76.6 cm³/mol. The summed E-state index contributed by atoms with van der Waals surface area (Å²) in [5, 5.41) is 10.6. The van der Waals surface area contributed by atoms with Gasteiger partial charge in [-0.2, -0.15) is 0 Å². The van der Waals surface area contributed by atoms with E-state index in [2.05, 4.69) is 15.5 Å². The first-order valence-electron chi connectivity index (χ1n) is 6.41. The summed E-state index contributed by atoms with van der Waals surface area (Å²) in [4.78, 5) is -0.285. The lowest BCUT2D eigenvalue weighted by atomic mass is 10.3. The molecule has 0 saturated heterocycles. The number of sulfonamides is 1. The highest BCUT2D eigenvalue weighted by Gasteiger charge is 2.29. The van der Waals surface area contributed by atoms with E-state index < -0.39 is 15.8 Å². The number of aryl methyl sites for hydroxylation is 1. The molecule has 0 amide bonds. The van der Waals surface area contributed by atoms with Gasteiger partial charge in [0.05, 0.1) is 6.10 Å². The van der Waals surface area contributed by atoms with Crippen LogP contribution in [-0.2, 0) is 17.1 Å². The molecule has 0 bridgehead atoms. The minimum absolute atomic E-state index is 0.000224. The van der Waals surface area contributed by atoms with Crippen molar-refractivity contribution in [2.24, 2.45) is 7.05 Å². The van der Waals surface area contributed by atoms with Crippen LogP contribution in [0.15, 0.2) is 23.1 Å². The normalized spacial score (nSPS) is 11.7. The molecule has 10 heteroatoms. The lowest BCUT2D eigenvalue weighted by Gasteiger charge is -2.20. The molecule has 0 aliphatic carbocycles. The van der Waals surface area contributed by atoms with Crippen LogP contribution in [-0.4, -0.2) is 41.8 Å². The fourth-order valence-electron chi connectivity index (χ4n) is 1.78. The van der Waals surface area contributed by atoms with Crippen molar-refractivity contribution in [1.29, 1.82) is 0 Å². The summed E-state index contributed by atoms with van der Waals surface area (Å²) in [7, 11) is -1.30. The summed E-state index contributed by atoms with van der Waals surface area (Å²) in [6.07, 6.45) is -0.263. The Hall–Kier alpha value is -2.23. The molecule has 0 spiro atoms. The molecule has 2 rings (SSSR count). The number of hydrogen-bond acceptors (Lipinski definition) is 6. The second kappa shape index (κ2) is 5.87. The standard InChI is InChI=1S/C12H16FN5O3S/c1-8(2)21-10-6-5-9(13)7-11(10)22(19,20)18(4)12-14-15-16-17(12)3/h5-8H,1-4H3. The average molecular weight is 329 g/mol. The predicted octanol–water partition coefficient (Wildman–Crippen LogP) is 0.961. The molecular formula is C12H16FN5O3S. The molecule has 0 N–H and O–H groups in total. The van der Waals surface area contributed by atoms with Gasteiger partial charge in [-0.15, -0.1) is 0 Å². The third kappa shape index (κ3) is 3.01. The van der Waals surface area contributed by atoms with Gasteiger partial charge >= 0.3 is 0 Å². The Morgan fingerprint density at radius 1 is 1.36 bits per heavy atom. The summed E-state index contributed by atoms with van der Waals surface area (Å²) >= 11 is 0. The number of nitrogens with zero attached hydrogens (tertiary/aromatic N) is 5. The lowest BCUT2D eigenvalue weighted by molar-refractivity contribution is 0.235. The number of aromatic nitrogens is 4. The van der Waals surface area contributed by atoms with Gasteiger partial charge in [0.25, 0.3) is 16.0 Å². The molecule has 1 aromatic heterocycles. The van der Waals surface area contributed by atoms with Crippen molar-refractivity contribution >= 4 is 16.0 Å². The van der Waals surface area contributed by atoms with Crippen LogP contribution in [0, 0.1) is 5.82 Å². The zero-order valence-corrected chi connectivity index (χ0v) is 13.4. The lowest BCUT2D eigenvalue weighted by Crippen LogP contribution is -2.30. The molecule has 0 atom stereocenters. The molecule has 120 valence electrons. The van der Waals surface area contributed by atoms with E-state index in [0.29, 0.717) is 0 Å². The van der Waals surface area contributed by atoms with Crippen LogP contribution in [0.1, 0.15) is 13.8 Å². The number of hydrogen-bond donors (Lipinski definition) is 0. The maximum absolute atomic E-state index is 13.5. The highest BCUT2D eigenvalue weighted by Crippen LogP contribution is 2.29. The third-order valence-corrected chi connectivity index (χ3v) is 4.55. The Bertz CT molecular complexity index is 775. The number of rotatable bonds is 5. The van der Waals surface area contributed by atoms with Gasteiger partial charge in [0.1, 0.15) is 16.5 Å². The highest BCUT2D eigenvalue weighted by molar-refractivity contribution is 7.92. The van der Waals surface area contributed by atoms with Gasteiger partial charge in [0, 0.05) is 14.1 Å². The maximum atomic E-state index is 13.5. The molecule has 8 nitrogen and oxygen atoms in total. The van der Waals surface area contributed by atoms with E-state index in [0.717, 1.165) is 16.4 Å². The van der Waals surface area contributed by atoms with Gasteiger partial charge in [0.15, 0.2) is 0 Å². The van der Waals surface area contributed by atoms with Gasteiger partial charge in [-0.05, 0) is 42.5 Å². The SMILES string of the molecule is CC(C)Oc1ccc(F)cc1S(=O)(=O)N(C)c1nnnn1C. The number of halogens is 1. The largest absolute Gasteiger partial charge is 0.490 e. The summed E-state index contributed by atoms with van der Waals surface area (Å²) < 4.78 is 46.4. The van der Waals surface area contributed by atoms with Crippen LogP contribution in [0.4, 0.5) is 10.3 Å². The first kappa shape index (κ1) is 16.1. The van der Waals surface area contributed by atoms with Crippen LogP contribution in [0.25, 0.3) is 0 Å². The Labute approximate surface area is 127 Å². The molecule has 0 fully saturated rings. The molecule has 0 saturated carbocycles. The number of ether oxygens (including phenoxy) is 1. The number of benzene rings is 1. The van der Waals surface area contributed by atoms with Crippen molar-refractivity contribution in [1.82, 2.24) is 20.2 Å². The van der Waals surface area contributed by atoms with Gasteiger partial charge in [-0.3, -0.25) is 0 Å². The highest BCUT2D eigenvalue weighted by atomic mass is 32.2. The first-order valence-corrected chi connectivity index (χ1v) is 7.85. The van der Waals surface area contributed by atoms with Gasteiger partial charge < -0.3 is 4.74 Å². The fourth-order valence-corrected chi connectivity index (χ4v) is 3.08. The number of tetrazole rings is 1. The van der Waals surface area contributed by atoms with Crippen LogP contribution in [0.3, 0.4) is 0 Å². The van der Waals surface area contributed by atoms with E-state index >= 15 is 0 Å². The van der Waals surface area contributed by atoms with Crippen molar-refractivity contribution in [2.45, 2.75) is 24.8 Å². The third-order valence-electron chi connectivity index (χ3n) is 2.79. The summed E-state index contributed by atoms with van der Waals surface area (Å²) in [5.41, 5.74) is 0. The van der Waals surface area contributed by atoms with Crippen molar-refractivity contribution < 1.29 is 17.5 Å². The molecule has 0 unspecified atom stereocenters. The summed E-state index contributed by atoms with van der Waals surface area (Å²) in [6.45, 7) is 3.49. The smallest absolute Gasteiger partial charge is 0.270 e. The Kier molecular flexibility index (Phi) is 4.31. The molecule has 1 heterocycles. The Morgan fingerprint density at radius 2 is 2.05 bits per heavy atom. The van der Waals surface area contributed by atoms with Crippen molar-refractivity contribution in [2.75, 3.05) is 11.4 Å². The van der Waals surface area contributed by atoms with Gasteiger partial charge in [-0.25, -0.2) is 21.8 Å². The minimum Gasteiger partial charge on any atom is -0.490 e. The summed E-state index contributed by atoms with van der Waals surface area (Å²) in [6, 6.07) is 3.33. The van der Waals surface area contributed by atoms with Crippen LogP contribution in [0.2, 0.25) is 0 Å². The summed E-state index contributed by atoms with van der Waals surface area (Å²) in [5.74, 6) is -0.614. The number of anilines is 1. The molecular weight excluding hydrogens is 313 g/mol. The monoisotopic (exact) mass is 329 g/mol. The first-order chi connectivity index (χ1) is 10.2. The molecule has 1 aromatic carbocycles. The van der Waals surface area contributed by atoms with E-state index in [1.807, 2.05) is 0 Å². The van der Waals surface area contributed by atoms with E-state index in [-0.39, 0.29) is 22.7 Å². The molecule has 0 aliphatic heterocycles.